The van der Waals surface area contributed by atoms with Crippen LogP contribution in [0.4, 0.5) is 5.69 Å². The zero-order chi connectivity index (χ0) is 14.5. The van der Waals surface area contributed by atoms with Gasteiger partial charge in [0, 0.05) is 11.6 Å². The van der Waals surface area contributed by atoms with E-state index in [1.54, 1.807) is 6.20 Å². The number of nitrogens with one attached hydrogen (secondary N) is 2. The maximum atomic E-state index is 12.0. The van der Waals surface area contributed by atoms with Crippen LogP contribution in [0, 0.1) is 0 Å². The molecule has 1 aliphatic heterocycles. The van der Waals surface area contributed by atoms with Crippen LogP contribution in [0.2, 0.25) is 0 Å². The van der Waals surface area contributed by atoms with Crippen molar-refractivity contribution in [2.75, 3.05) is 25.0 Å². The van der Waals surface area contributed by atoms with E-state index < -0.39 is 0 Å². The number of aromatic nitrogens is 1. The normalized spacial score (nSPS) is 15.3. The zero-order valence-corrected chi connectivity index (χ0v) is 13.1. The third-order valence-electron chi connectivity index (χ3n) is 3.66. The van der Waals surface area contributed by atoms with Crippen LogP contribution in [0.15, 0.2) is 36.5 Å². The minimum atomic E-state index is -0.120. The van der Waals surface area contributed by atoms with E-state index in [9.17, 15) is 4.79 Å². The van der Waals surface area contributed by atoms with Gasteiger partial charge < -0.3 is 15.4 Å². The summed E-state index contributed by atoms with van der Waals surface area (Å²) in [5.41, 5.74) is 1.65. The molecule has 1 saturated heterocycles. The van der Waals surface area contributed by atoms with Gasteiger partial charge in [-0.15, -0.1) is 12.4 Å². The summed E-state index contributed by atoms with van der Waals surface area (Å²) in [7, 11) is 0. The van der Waals surface area contributed by atoms with Gasteiger partial charge in [-0.1, -0.05) is 6.07 Å². The topological polar surface area (TPSA) is 63.2 Å². The highest BCUT2D eigenvalue weighted by Gasteiger charge is 2.15. The van der Waals surface area contributed by atoms with Crippen LogP contribution >= 0.6 is 12.4 Å². The van der Waals surface area contributed by atoms with Crippen molar-refractivity contribution in [3.63, 3.8) is 0 Å². The lowest BCUT2D eigenvalue weighted by Crippen LogP contribution is -2.34. The maximum absolute atomic E-state index is 12.0. The Hall–Kier alpha value is -1.69. The molecule has 1 amide bonds. The first kappa shape index (κ1) is 16.7. The number of halogens is 1. The summed E-state index contributed by atoms with van der Waals surface area (Å²) in [5, 5.41) is 7.12. The number of fused-ring (bicyclic) bond motifs is 1. The molecule has 6 heteroatoms. The Morgan fingerprint density at radius 3 is 2.91 bits per heavy atom. The Morgan fingerprint density at radius 2 is 2.09 bits per heavy atom. The smallest absolute Gasteiger partial charge is 0.250 e. The van der Waals surface area contributed by atoms with Crippen LogP contribution in [0.3, 0.4) is 0 Å². The van der Waals surface area contributed by atoms with E-state index in [1.165, 1.54) is 0 Å². The van der Waals surface area contributed by atoms with Gasteiger partial charge in [0.1, 0.15) is 6.61 Å². The number of carbonyl (C=O) groups excluding carboxylic acids is 1. The highest BCUT2D eigenvalue weighted by Crippen LogP contribution is 2.21. The Labute approximate surface area is 135 Å². The fourth-order valence-corrected chi connectivity index (χ4v) is 2.55. The summed E-state index contributed by atoms with van der Waals surface area (Å²) in [6.45, 7) is 2.02. The quantitative estimate of drug-likeness (QED) is 0.907. The van der Waals surface area contributed by atoms with Gasteiger partial charge in [0.15, 0.2) is 0 Å². The van der Waals surface area contributed by atoms with Crippen LogP contribution in [-0.4, -0.2) is 36.7 Å². The first-order valence-electron chi connectivity index (χ1n) is 7.29. The lowest BCUT2D eigenvalue weighted by atomic mass is 10.1. The molecular formula is C16H20ClN3O2. The van der Waals surface area contributed by atoms with Crippen LogP contribution in [0.25, 0.3) is 10.9 Å². The van der Waals surface area contributed by atoms with E-state index >= 15 is 0 Å². The Morgan fingerprint density at radius 1 is 1.27 bits per heavy atom. The first-order valence-corrected chi connectivity index (χ1v) is 7.29. The monoisotopic (exact) mass is 321 g/mol. The fraction of sp³-hybridized carbons (Fsp3) is 0.375. The predicted molar refractivity (Wildman–Crippen MR) is 89.5 cm³/mol. The lowest BCUT2D eigenvalue weighted by Gasteiger charge is -2.22. The second-order valence-electron chi connectivity index (χ2n) is 5.18. The number of benzene rings is 1. The largest absolute Gasteiger partial charge is 0.368 e. The number of nitrogens with zero attached hydrogens (tertiary/aromatic N) is 1. The third kappa shape index (κ3) is 4.16. The van der Waals surface area contributed by atoms with Gasteiger partial charge >= 0.3 is 0 Å². The molecule has 1 aliphatic rings. The molecule has 0 bridgehead atoms. The molecule has 2 aromatic rings. The third-order valence-corrected chi connectivity index (χ3v) is 3.66. The molecule has 3 rings (SSSR count). The summed E-state index contributed by atoms with van der Waals surface area (Å²) in [4.78, 5) is 16.3. The number of piperidine rings is 1. The van der Waals surface area contributed by atoms with E-state index in [1.807, 2.05) is 30.3 Å². The Balaban J connectivity index is 0.00000176. The van der Waals surface area contributed by atoms with Crippen molar-refractivity contribution in [3.8, 4) is 0 Å². The second kappa shape index (κ2) is 8.08. The molecule has 0 atom stereocenters. The second-order valence-corrected chi connectivity index (χ2v) is 5.18. The highest BCUT2D eigenvalue weighted by molar-refractivity contribution is 6.01. The molecular weight excluding hydrogens is 302 g/mol. The van der Waals surface area contributed by atoms with Crippen molar-refractivity contribution in [3.05, 3.63) is 36.5 Å². The van der Waals surface area contributed by atoms with Gasteiger partial charge in [0.2, 0.25) is 5.91 Å². The van der Waals surface area contributed by atoms with Crippen LogP contribution in [-0.2, 0) is 9.53 Å². The molecule has 0 saturated carbocycles. The number of pyridine rings is 1. The number of rotatable bonds is 4. The zero-order valence-electron chi connectivity index (χ0n) is 12.2. The molecule has 22 heavy (non-hydrogen) atoms. The molecule has 1 aromatic carbocycles. The van der Waals surface area contributed by atoms with E-state index in [2.05, 4.69) is 15.6 Å². The van der Waals surface area contributed by atoms with Crippen LogP contribution < -0.4 is 10.6 Å². The first-order chi connectivity index (χ1) is 10.3. The highest BCUT2D eigenvalue weighted by atomic mass is 35.5. The lowest BCUT2D eigenvalue weighted by molar-refractivity contribution is -0.123. The van der Waals surface area contributed by atoms with Crippen molar-refractivity contribution < 1.29 is 9.53 Å². The van der Waals surface area contributed by atoms with E-state index in [0.717, 1.165) is 42.5 Å². The van der Waals surface area contributed by atoms with Crippen molar-refractivity contribution in [2.45, 2.75) is 18.9 Å². The molecule has 5 nitrogen and oxygen atoms in total. The number of ether oxygens (including phenoxy) is 1. The van der Waals surface area contributed by atoms with Crippen LogP contribution in [0.5, 0.6) is 0 Å². The van der Waals surface area contributed by atoms with Gasteiger partial charge in [0.05, 0.1) is 17.3 Å². The molecule has 2 heterocycles. The summed E-state index contributed by atoms with van der Waals surface area (Å²) in [6.07, 6.45) is 3.86. The summed E-state index contributed by atoms with van der Waals surface area (Å²) < 4.78 is 5.66. The van der Waals surface area contributed by atoms with Crippen molar-refractivity contribution in [2.24, 2.45) is 0 Å². The van der Waals surface area contributed by atoms with E-state index in [0.29, 0.717) is 0 Å². The molecule has 2 N–H and O–H groups in total. The van der Waals surface area contributed by atoms with Crippen molar-refractivity contribution in [1.29, 1.82) is 0 Å². The van der Waals surface area contributed by atoms with Gasteiger partial charge in [-0.2, -0.15) is 0 Å². The molecule has 118 valence electrons. The maximum Gasteiger partial charge on any atom is 0.250 e. The number of carbonyl (C=O) groups is 1. The summed E-state index contributed by atoms with van der Waals surface area (Å²) in [6, 6.07) is 9.51. The number of amides is 1. The number of hydrogen-bond acceptors (Lipinski definition) is 4. The van der Waals surface area contributed by atoms with Gasteiger partial charge in [0.25, 0.3) is 0 Å². The van der Waals surface area contributed by atoms with Gasteiger partial charge in [-0.05, 0) is 50.2 Å². The summed E-state index contributed by atoms with van der Waals surface area (Å²) in [5.74, 6) is -0.120. The molecule has 1 aromatic heterocycles. The molecule has 0 aliphatic carbocycles. The Kier molecular flexibility index (Phi) is 6.12. The average molecular weight is 322 g/mol. The summed E-state index contributed by atoms with van der Waals surface area (Å²) >= 11 is 0. The predicted octanol–water partition coefficient (Wildman–Crippen LogP) is 2.36. The number of anilines is 1. The molecule has 0 radical (unpaired) electrons. The standard InChI is InChI=1S/C16H19N3O2.ClH/c20-16(11-21-12-6-9-17-10-7-12)19-15-5-1-4-14-13(15)3-2-8-18-14;/h1-5,8,12,17H,6-7,9-11H2,(H,19,20);1H. The van der Waals surface area contributed by atoms with Gasteiger partial charge in [-0.3, -0.25) is 9.78 Å². The van der Waals surface area contributed by atoms with E-state index in [-0.39, 0.29) is 31.0 Å². The Bertz CT molecular complexity index is 624. The average Bonchev–Trinajstić information content (AvgIpc) is 2.54. The minimum Gasteiger partial charge on any atom is -0.368 e. The molecule has 0 spiro atoms. The van der Waals surface area contributed by atoms with Crippen molar-refractivity contribution >= 4 is 34.9 Å². The van der Waals surface area contributed by atoms with E-state index in [4.69, 9.17) is 4.74 Å². The molecule has 0 unspecified atom stereocenters. The SMILES string of the molecule is Cl.O=C(COC1CCNCC1)Nc1cccc2ncccc12. The van der Waals surface area contributed by atoms with Gasteiger partial charge in [-0.25, -0.2) is 0 Å². The van der Waals surface area contributed by atoms with Crippen molar-refractivity contribution in [1.82, 2.24) is 10.3 Å². The minimum absolute atomic E-state index is 0. The van der Waals surface area contributed by atoms with Crippen LogP contribution in [0.1, 0.15) is 12.8 Å². The fourth-order valence-electron chi connectivity index (χ4n) is 2.55. The number of hydrogen-bond donors (Lipinski definition) is 2. The molecule has 1 fully saturated rings.